The average molecular weight is 287 g/mol. The maximum atomic E-state index is 5.75. The molecule has 1 saturated heterocycles. The van der Waals surface area contributed by atoms with Crippen molar-refractivity contribution in [3.05, 3.63) is 41.5 Å². The topological polar surface area (TPSA) is 74.2 Å². The molecule has 2 N–H and O–H groups in total. The number of nitrogen functional groups attached to an aromatic ring is 1. The van der Waals surface area contributed by atoms with Gasteiger partial charge >= 0.3 is 0 Å². The minimum Gasteiger partial charge on any atom is -0.399 e. The van der Waals surface area contributed by atoms with Gasteiger partial charge in [-0.05, 0) is 44.4 Å². The first kappa shape index (κ1) is 14.1. The third-order valence-electron chi connectivity index (χ3n) is 4.20. The normalized spacial score (nSPS) is 17.0. The number of hydrogen-bond acceptors (Lipinski definition) is 5. The smallest absolute Gasteiger partial charge is 0.236 e. The van der Waals surface area contributed by atoms with Crippen LogP contribution in [0.25, 0.3) is 0 Å². The number of hydrogen-bond donors (Lipinski definition) is 1. The summed E-state index contributed by atoms with van der Waals surface area (Å²) in [4.78, 5) is 4.64. The summed E-state index contributed by atoms with van der Waals surface area (Å²) < 4.78 is 10.9. The van der Waals surface area contributed by atoms with Gasteiger partial charge in [0.25, 0.3) is 0 Å². The van der Waals surface area contributed by atoms with Gasteiger partial charge in [-0.25, -0.2) is 0 Å². The second kappa shape index (κ2) is 5.48. The number of ether oxygens (including phenoxy) is 1. The molecule has 1 aliphatic heterocycles. The van der Waals surface area contributed by atoms with Crippen molar-refractivity contribution in [2.24, 2.45) is 0 Å². The molecule has 3 rings (SSSR count). The van der Waals surface area contributed by atoms with Gasteiger partial charge in [-0.1, -0.05) is 17.3 Å². The second-order valence-electron chi connectivity index (χ2n) is 6.09. The van der Waals surface area contributed by atoms with Crippen LogP contribution in [0, 0.1) is 0 Å². The van der Waals surface area contributed by atoms with E-state index in [-0.39, 0.29) is 5.41 Å². The predicted octanol–water partition coefficient (Wildman–Crippen LogP) is 2.87. The largest absolute Gasteiger partial charge is 0.399 e. The highest BCUT2D eigenvalue weighted by Crippen LogP contribution is 2.32. The van der Waals surface area contributed by atoms with Gasteiger partial charge in [-0.3, -0.25) is 0 Å². The molecule has 21 heavy (non-hydrogen) atoms. The quantitative estimate of drug-likeness (QED) is 0.879. The highest BCUT2D eigenvalue weighted by molar-refractivity contribution is 5.42. The molecule has 2 aromatic rings. The number of benzene rings is 1. The van der Waals surface area contributed by atoms with Crippen molar-refractivity contribution in [2.75, 3.05) is 18.9 Å². The van der Waals surface area contributed by atoms with E-state index in [1.165, 1.54) is 0 Å². The molecule has 0 spiro atoms. The highest BCUT2D eigenvalue weighted by atomic mass is 16.5. The van der Waals surface area contributed by atoms with Gasteiger partial charge in [0, 0.05) is 24.8 Å². The fourth-order valence-electron chi connectivity index (χ4n) is 2.63. The summed E-state index contributed by atoms with van der Waals surface area (Å²) in [5.41, 5.74) is 7.28. The minimum atomic E-state index is -0.329. The summed E-state index contributed by atoms with van der Waals surface area (Å²) in [6.07, 6.45) is 1.92. The number of rotatable bonds is 3. The molecule has 0 unspecified atom stereocenters. The highest BCUT2D eigenvalue weighted by Gasteiger charge is 2.31. The SMILES string of the molecule is CC(C)(c1ccc(N)cc1)c1nc(C2CCOCC2)no1. The zero-order chi connectivity index (χ0) is 14.9. The Balaban J connectivity index is 1.85. The molecule has 0 aliphatic carbocycles. The number of anilines is 1. The molecule has 5 nitrogen and oxygen atoms in total. The molecule has 5 heteroatoms. The monoisotopic (exact) mass is 287 g/mol. The van der Waals surface area contributed by atoms with Crippen LogP contribution in [-0.4, -0.2) is 23.4 Å². The molecule has 0 amide bonds. The van der Waals surface area contributed by atoms with Crippen LogP contribution < -0.4 is 5.73 Å². The molecule has 112 valence electrons. The zero-order valence-electron chi connectivity index (χ0n) is 12.5. The van der Waals surface area contributed by atoms with Gasteiger partial charge in [0.15, 0.2) is 5.82 Å². The van der Waals surface area contributed by atoms with E-state index in [0.29, 0.717) is 11.8 Å². The summed E-state index contributed by atoms with van der Waals surface area (Å²) in [5, 5.41) is 4.18. The lowest BCUT2D eigenvalue weighted by atomic mass is 9.84. The molecule has 1 aromatic heterocycles. The van der Waals surface area contributed by atoms with Crippen molar-refractivity contribution < 1.29 is 9.26 Å². The van der Waals surface area contributed by atoms with E-state index >= 15 is 0 Å². The molecule has 1 fully saturated rings. The van der Waals surface area contributed by atoms with Gasteiger partial charge < -0.3 is 15.0 Å². The Morgan fingerprint density at radius 3 is 2.48 bits per heavy atom. The van der Waals surface area contributed by atoms with Crippen LogP contribution >= 0.6 is 0 Å². The third-order valence-corrected chi connectivity index (χ3v) is 4.20. The van der Waals surface area contributed by atoms with E-state index < -0.39 is 0 Å². The van der Waals surface area contributed by atoms with Gasteiger partial charge in [0.05, 0.1) is 5.41 Å². The van der Waals surface area contributed by atoms with Gasteiger partial charge in [-0.2, -0.15) is 4.98 Å². The first-order chi connectivity index (χ1) is 10.1. The van der Waals surface area contributed by atoms with Gasteiger partial charge in [-0.15, -0.1) is 0 Å². The summed E-state index contributed by atoms with van der Waals surface area (Å²) >= 11 is 0. The van der Waals surface area contributed by atoms with Crippen LogP contribution in [0.5, 0.6) is 0 Å². The molecular weight excluding hydrogens is 266 g/mol. The molecule has 0 saturated carbocycles. The Morgan fingerprint density at radius 1 is 1.14 bits per heavy atom. The minimum absolute atomic E-state index is 0.329. The summed E-state index contributed by atoms with van der Waals surface area (Å²) in [7, 11) is 0. The number of aromatic nitrogens is 2. The summed E-state index contributed by atoms with van der Waals surface area (Å²) in [6, 6.07) is 7.81. The Bertz CT molecular complexity index is 598. The molecule has 1 aliphatic rings. The van der Waals surface area contributed by atoms with Crippen LogP contribution in [0.4, 0.5) is 5.69 Å². The van der Waals surface area contributed by atoms with E-state index in [1.54, 1.807) is 0 Å². The van der Waals surface area contributed by atoms with Crippen molar-refractivity contribution in [1.29, 1.82) is 0 Å². The molecule has 1 aromatic carbocycles. The van der Waals surface area contributed by atoms with Crippen molar-refractivity contribution in [3.8, 4) is 0 Å². The molecule has 0 bridgehead atoms. The third kappa shape index (κ3) is 2.78. The molecule has 2 heterocycles. The number of nitrogens with two attached hydrogens (primary N) is 1. The van der Waals surface area contributed by atoms with Crippen LogP contribution in [0.15, 0.2) is 28.8 Å². The van der Waals surface area contributed by atoms with E-state index in [4.69, 9.17) is 15.0 Å². The predicted molar refractivity (Wildman–Crippen MR) is 80.1 cm³/mol. The Labute approximate surface area is 124 Å². The van der Waals surface area contributed by atoms with Crippen LogP contribution in [-0.2, 0) is 10.2 Å². The van der Waals surface area contributed by atoms with Gasteiger partial charge in [0.2, 0.25) is 5.89 Å². The van der Waals surface area contributed by atoms with E-state index in [1.807, 2.05) is 24.3 Å². The summed E-state index contributed by atoms with van der Waals surface area (Å²) in [6.45, 7) is 5.71. The first-order valence-electron chi connectivity index (χ1n) is 7.35. The lowest BCUT2D eigenvalue weighted by molar-refractivity contribution is 0.0830. The average Bonchev–Trinajstić information content (AvgIpc) is 2.99. The lowest BCUT2D eigenvalue weighted by Crippen LogP contribution is -2.20. The van der Waals surface area contributed by atoms with Crippen LogP contribution in [0.2, 0.25) is 0 Å². The maximum Gasteiger partial charge on any atom is 0.236 e. The van der Waals surface area contributed by atoms with E-state index in [9.17, 15) is 0 Å². The maximum absolute atomic E-state index is 5.75. The van der Waals surface area contributed by atoms with Crippen LogP contribution in [0.3, 0.4) is 0 Å². The Hall–Kier alpha value is -1.88. The van der Waals surface area contributed by atoms with Crippen molar-refractivity contribution in [3.63, 3.8) is 0 Å². The standard InChI is InChI=1S/C16H21N3O2/c1-16(2,12-3-5-13(17)6-4-12)15-18-14(19-21-15)11-7-9-20-10-8-11/h3-6,11H,7-10,17H2,1-2H3. The van der Waals surface area contributed by atoms with E-state index in [2.05, 4.69) is 24.0 Å². The Morgan fingerprint density at radius 2 is 1.81 bits per heavy atom. The van der Waals surface area contributed by atoms with E-state index in [0.717, 1.165) is 43.1 Å². The van der Waals surface area contributed by atoms with Crippen molar-refractivity contribution in [1.82, 2.24) is 10.1 Å². The first-order valence-corrected chi connectivity index (χ1v) is 7.35. The molecule has 0 atom stereocenters. The summed E-state index contributed by atoms with van der Waals surface area (Å²) in [5.74, 6) is 1.80. The fourth-order valence-corrected chi connectivity index (χ4v) is 2.63. The van der Waals surface area contributed by atoms with Gasteiger partial charge in [0.1, 0.15) is 0 Å². The van der Waals surface area contributed by atoms with Crippen LogP contribution in [0.1, 0.15) is 49.9 Å². The molecule has 0 radical (unpaired) electrons. The van der Waals surface area contributed by atoms with Crippen molar-refractivity contribution >= 4 is 5.69 Å². The molecular formula is C16H21N3O2. The fraction of sp³-hybridized carbons (Fsp3) is 0.500. The van der Waals surface area contributed by atoms with Crippen molar-refractivity contribution in [2.45, 2.75) is 38.0 Å². The second-order valence-corrected chi connectivity index (χ2v) is 6.09. The zero-order valence-corrected chi connectivity index (χ0v) is 12.5. The lowest BCUT2D eigenvalue weighted by Gasteiger charge is -2.21. The Kier molecular flexibility index (Phi) is 3.68. The number of nitrogens with zero attached hydrogens (tertiary/aromatic N) is 2.